The Hall–Kier alpha value is -1.48. The van der Waals surface area contributed by atoms with Gasteiger partial charge in [0.05, 0.1) is 0 Å². The molecule has 0 saturated carbocycles. The van der Waals surface area contributed by atoms with E-state index < -0.39 is 0 Å². The molecule has 0 radical (unpaired) electrons. The highest BCUT2D eigenvalue weighted by atomic mass is 35.5. The van der Waals surface area contributed by atoms with E-state index >= 15 is 0 Å². The van der Waals surface area contributed by atoms with Crippen LogP contribution in [0.1, 0.15) is 10.5 Å². The number of fused-ring (bicyclic) bond motifs is 1. The minimum atomic E-state index is 0.319. The van der Waals surface area contributed by atoms with Crippen LogP contribution in [0, 0.1) is 0 Å². The summed E-state index contributed by atoms with van der Waals surface area (Å²) in [7, 11) is 0. The molecule has 0 saturated heterocycles. The van der Waals surface area contributed by atoms with E-state index in [0.29, 0.717) is 17.1 Å². The molecule has 0 amide bonds. The van der Waals surface area contributed by atoms with Crippen molar-refractivity contribution in [3.63, 3.8) is 0 Å². The van der Waals surface area contributed by atoms with Crippen molar-refractivity contribution in [1.82, 2.24) is 10.2 Å². The monoisotopic (exact) mass is 192 g/mol. The van der Waals surface area contributed by atoms with E-state index in [0.717, 1.165) is 10.8 Å². The molecule has 1 heterocycles. The predicted octanol–water partition coefficient (Wildman–Crippen LogP) is 2.10. The zero-order chi connectivity index (χ0) is 9.26. The topological polar surface area (TPSA) is 42.9 Å². The van der Waals surface area contributed by atoms with Gasteiger partial charge in [-0.2, -0.15) is 0 Å². The van der Waals surface area contributed by atoms with Gasteiger partial charge in [-0.05, 0) is 0 Å². The van der Waals surface area contributed by atoms with E-state index in [1.54, 1.807) is 12.1 Å². The SMILES string of the molecule is O=Cc1nnc(Cl)c2ccccc12. The van der Waals surface area contributed by atoms with Gasteiger partial charge in [0.2, 0.25) is 0 Å². The maximum atomic E-state index is 10.6. The number of hydrogen-bond donors (Lipinski definition) is 0. The predicted molar refractivity (Wildman–Crippen MR) is 49.9 cm³/mol. The standard InChI is InChI=1S/C9H5ClN2O/c10-9-7-4-2-1-3-6(7)8(5-13)11-12-9/h1-5H. The van der Waals surface area contributed by atoms with Gasteiger partial charge in [-0.15, -0.1) is 10.2 Å². The summed E-state index contributed by atoms with van der Waals surface area (Å²) in [6.45, 7) is 0. The molecule has 0 spiro atoms. The number of hydrogen-bond acceptors (Lipinski definition) is 3. The molecule has 1 aromatic carbocycles. The summed E-state index contributed by atoms with van der Waals surface area (Å²) in [5.74, 6) is 0. The number of rotatable bonds is 1. The molecule has 2 aromatic rings. The van der Waals surface area contributed by atoms with Crippen molar-refractivity contribution in [1.29, 1.82) is 0 Å². The lowest BCUT2D eigenvalue weighted by Gasteiger charge is -1.99. The Bertz CT molecular complexity index is 470. The Kier molecular flexibility index (Phi) is 1.94. The van der Waals surface area contributed by atoms with Crippen molar-refractivity contribution < 1.29 is 4.79 Å². The molecular formula is C9H5ClN2O. The molecule has 0 aliphatic carbocycles. The summed E-state index contributed by atoms with van der Waals surface area (Å²) in [5, 5.41) is 9.14. The number of halogens is 1. The van der Waals surface area contributed by atoms with E-state index in [-0.39, 0.29) is 0 Å². The molecule has 0 bridgehead atoms. The molecular weight excluding hydrogens is 188 g/mol. The summed E-state index contributed by atoms with van der Waals surface area (Å²) in [6.07, 6.45) is 0.672. The first kappa shape index (κ1) is 8.13. The van der Waals surface area contributed by atoms with Gasteiger partial charge in [0.1, 0.15) is 5.69 Å². The number of carbonyl (C=O) groups is 1. The first-order valence-electron chi connectivity index (χ1n) is 3.69. The Morgan fingerprint density at radius 2 is 1.85 bits per heavy atom. The molecule has 3 nitrogen and oxygen atoms in total. The van der Waals surface area contributed by atoms with Crippen LogP contribution in [0.3, 0.4) is 0 Å². The second-order valence-corrected chi connectivity index (χ2v) is 2.90. The molecule has 64 valence electrons. The molecule has 13 heavy (non-hydrogen) atoms. The van der Waals surface area contributed by atoms with E-state index in [4.69, 9.17) is 11.6 Å². The van der Waals surface area contributed by atoms with Crippen LogP contribution in [0.5, 0.6) is 0 Å². The number of aromatic nitrogens is 2. The van der Waals surface area contributed by atoms with Gasteiger partial charge in [0.15, 0.2) is 11.4 Å². The second kappa shape index (κ2) is 3.11. The van der Waals surface area contributed by atoms with E-state index in [2.05, 4.69) is 10.2 Å². The first-order chi connectivity index (χ1) is 6.33. The van der Waals surface area contributed by atoms with Crippen molar-refractivity contribution in [3.05, 3.63) is 35.1 Å². The average molecular weight is 193 g/mol. The third kappa shape index (κ3) is 1.27. The van der Waals surface area contributed by atoms with Crippen LogP contribution >= 0.6 is 11.6 Å². The maximum Gasteiger partial charge on any atom is 0.170 e. The first-order valence-corrected chi connectivity index (χ1v) is 4.07. The van der Waals surface area contributed by atoms with Crippen LogP contribution in [0.4, 0.5) is 0 Å². The van der Waals surface area contributed by atoms with Gasteiger partial charge in [-0.25, -0.2) is 0 Å². The maximum absolute atomic E-state index is 10.6. The van der Waals surface area contributed by atoms with Gasteiger partial charge < -0.3 is 0 Å². The Morgan fingerprint density at radius 1 is 1.15 bits per heavy atom. The van der Waals surface area contributed by atoms with E-state index in [1.165, 1.54) is 0 Å². The lowest BCUT2D eigenvalue weighted by molar-refractivity contribution is 0.112. The summed E-state index contributed by atoms with van der Waals surface area (Å²) in [5.41, 5.74) is 0.319. The number of aldehydes is 1. The average Bonchev–Trinajstić information content (AvgIpc) is 2.19. The normalized spacial score (nSPS) is 10.2. The van der Waals surface area contributed by atoms with E-state index in [9.17, 15) is 4.79 Å². The highest BCUT2D eigenvalue weighted by Crippen LogP contribution is 2.21. The fraction of sp³-hybridized carbons (Fsp3) is 0. The van der Waals surface area contributed by atoms with Crippen LogP contribution in [-0.2, 0) is 0 Å². The minimum absolute atomic E-state index is 0.319. The summed E-state index contributed by atoms with van der Waals surface area (Å²) in [6, 6.07) is 7.26. The molecule has 2 rings (SSSR count). The molecule has 0 aliphatic rings. The van der Waals surface area contributed by atoms with Crippen molar-refractivity contribution >= 4 is 28.7 Å². The van der Waals surface area contributed by atoms with E-state index in [1.807, 2.05) is 12.1 Å². The van der Waals surface area contributed by atoms with Gasteiger partial charge in [0, 0.05) is 10.8 Å². The fourth-order valence-corrected chi connectivity index (χ4v) is 1.38. The molecule has 1 aromatic heterocycles. The molecule has 0 N–H and O–H groups in total. The number of carbonyl (C=O) groups excluding carboxylic acids is 1. The van der Waals surface area contributed by atoms with Crippen molar-refractivity contribution in [2.45, 2.75) is 0 Å². The zero-order valence-corrected chi connectivity index (χ0v) is 7.32. The highest BCUT2D eigenvalue weighted by molar-refractivity contribution is 6.34. The van der Waals surface area contributed by atoms with Crippen LogP contribution in [0.15, 0.2) is 24.3 Å². The lowest BCUT2D eigenvalue weighted by atomic mass is 10.1. The summed E-state index contributed by atoms with van der Waals surface area (Å²) < 4.78 is 0. The largest absolute Gasteiger partial charge is 0.296 e. The quantitative estimate of drug-likeness (QED) is 0.650. The van der Waals surface area contributed by atoms with Crippen LogP contribution < -0.4 is 0 Å². The van der Waals surface area contributed by atoms with Gasteiger partial charge >= 0.3 is 0 Å². The minimum Gasteiger partial charge on any atom is -0.296 e. The molecule has 0 atom stereocenters. The molecule has 0 aliphatic heterocycles. The van der Waals surface area contributed by atoms with Crippen molar-refractivity contribution in [2.24, 2.45) is 0 Å². The molecule has 0 fully saturated rings. The van der Waals surface area contributed by atoms with Crippen LogP contribution in [0.2, 0.25) is 5.15 Å². The van der Waals surface area contributed by atoms with Crippen molar-refractivity contribution in [2.75, 3.05) is 0 Å². The summed E-state index contributed by atoms with van der Waals surface area (Å²) >= 11 is 5.80. The van der Waals surface area contributed by atoms with Crippen molar-refractivity contribution in [3.8, 4) is 0 Å². The second-order valence-electron chi connectivity index (χ2n) is 2.54. The van der Waals surface area contributed by atoms with Crippen LogP contribution in [0.25, 0.3) is 10.8 Å². The highest BCUT2D eigenvalue weighted by Gasteiger charge is 2.05. The third-order valence-electron chi connectivity index (χ3n) is 1.78. The Morgan fingerprint density at radius 3 is 2.54 bits per heavy atom. The lowest BCUT2D eigenvalue weighted by Crippen LogP contribution is -1.93. The fourth-order valence-electron chi connectivity index (χ4n) is 1.18. The summed E-state index contributed by atoms with van der Waals surface area (Å²) in [4.78, 5) is 10.6. The Balaban J connectivity index is 2.92. The van der Waals surface area contributed by atoms with Gasteiger partial charge in [0.25, 0.3) is 0 Å². The Labute approximate surface area is 79.4 Å². The number of benzene rings is 1. The third-order valence-corrected chi connectivity index (χ3v) is 2.06. The smallest absolute Gasteiger partial charge is 0.170 e. The van der Waals surface area contributed by atoms with Crippen LogP contribution in [-0.4, -0.2) is 16.5 Å². The molecule has 0 unspecified atom stereocenters. The molecule has 4 heteroatoms. The van der Waals surface area contributed by atoms with Gasteiger partial charge in [-0.3, -0.25) is 4.79 Å². The number of nitrogens with zero attached hydrogens (tertiary/aromatic N) is 2. The zero-order valence-electron chi connectivity index (χ0n) is 6.57. The van der Waals surface area contributed by atoms with Gasteiger partial charge in [-0.1, -0.05) is 35.9 Å².